The van der Waals surface area contributed by atoms with Crippen molar-refractivity contribution in [3.05, 3.63) is 29.3 Å². The molecule has 0 aliphatic rings. The molecule has 0 unspecified atom stereocenters. The van der Waals surface area contributed by atoms with E-state index >= 15 is 0 Å². The van der Waals surface area contributed by atoms with Crippen LogP contribution in [0.25, 0.3) is 0 Å². The van der Waals surface area contributed by atoms with Gasteiger partial charge in [0.15, 0.2) is 0 Å². The Morgan fingerprint density at radius 2 is 1.73 bits per heavy atom. The van der Waals surface area contributed by atoms with Crippen molar-refractivity contribution in [2.45, 2.75) is 0 Å². The van der Waals surface area contributed by atoms with Gasteiger partial charge in [-0.05, 0) is 12.1 Å². The molecule has 0 atom stereocenters. The number of rotatable bonds is 0. The van der Waals surface area contributed by atoms with Crippen molar-refractivity contribution in [3.63, 3.8) is 0 Å². The van der Waals surface area contributed by atoms with Crippen molar-refractivity contribution in [3.8, 4) is 11.8 Å². The topological polar surface area (TPSA) is 46.8 Å². The summed E-state index contributed by atoms with van der Waals surface area (Å²) >= 11 is 0. The van der Waals surface area contributed by atoms with Crippen LogP contribution < -0.4 is 5.11 Å². The summed E-state index contributed by atoms with van der Waals surface area (Å²) in [5.41, 5.74) is -0.718. The lowest BCUT2D eigenvalue weighted by atomic mass is 10.2. The van der Waals surface area contributed by atoms with Crippen LogP contribution in [0.2, 0.25) is 0 Å². The van der Waals surface area contributed by atoms with Gasteiger partial charge in [0.2, 0.25) is 0 Å². The normalized spacial score (nSPS) is 9.18. The Bertz CT molecular complexity index is 307. The molecule has 2 nitrogen and oxygen atoms in total. The molecule has 0 bridgehead atoms. The molecule has 4 heteroatoms. The van der Waals surface area contributed by atoms with Gasteiger partial charge in [0.25, 0.3) is 0 Å². The van der Waals surface area contributed by atoms with E-state index in [1.165, 1.54) is 6.07 Å². The molecular weight excluding hydrogens is 152 g/mol. The van der Waals surface area contributed by atoms with Crippen molar-refractivity contribution in [1.82, 2.24) is 0 Å². The number of halogens is 2. The molecule has 0 heterocycles. The van der Waals surface area contributed by atoms with E-state index in [0.717, 1.165) is 0 Å². The molecule has 0 radical (unpaired) electrons. The Balaban J connectivity index is 3.40. The molecule has 0 fully saturated rings. The van der Waals surface area contributed by atoms with Crippen molar-refractivity contribution in [1.29, 1.82) is 5.26 Å². The lowest BCUT2D eigenvalue weighted by Gasteiger charge is -2.04. The molecule has 0 aromatic heterocycles. The van der Waals surface area contributed by atoms with Crippen molar-refractivity contribution in [2.24, 2.45) is 0 Å². The van der Waals surface area contributed by atoms with Crippen LogP contribution in [0.5, 0.6) is 5.75 Å². The maximum Gasteiger partial charge on any atom is 0.143 e. The number of nitriles is 1. The van der Waals surface area contributed by atoms with E-state index in [1.807, 2.05) is 0 Å². The molecule has 0 amide bonds. The highest BCUT2D eigenvalue weighted by atomic mass is 19.1. The van der Waals surface area contributed by atoms with Gasteiger partial charge in [0.05, 0.1) is 0 Å². The molecule has 0 spiro atoms. The van der Waals surface area contributed by atoms with E-state index in [1.54, 1.807) is 0 Å². The Hall–Kier alpha value is -1.63. The monoisotopic (exact) mass is 154 g/mol. The van der Waals surface area contributed by atoms with E-state index in [0.29, 0.717) is 12.1 Å². The maximum atomic E-state index is 12.4. The zero-order valence-corrected chi connectivity index (χ0v) is 5.27. The standard InChI is InChI=1S/C7H3F2NO/c8-6-1-4(11)2-7(9)5(6)3-10/h1-2,11H/p-1. The van der Waals surface area contributed by atoms with Gasteiger partial charge < -0.3 is 5.11 Å². The highest BCUT2D eigenvalue weighted by Gasteiger charge is 2.06. The molecule has 0 aliphatic carbocycles. The summed E-state index contributed by atoms with van der Waals surface area (Å²) in [6, 6.07) is 2.44. The predicted molar refractivity (Wildman–Crippen MR) is 30.5 cm³/mol. The van der Waals surface area contributed by atoms with Gasteiger partial charge in [-0.2, -0.15) is 5.26 Å². The minimum Gasteiger partial charge on any atom is -0.872 e. The largest absolute Gasteiger partial charge is 0.872 e. The van der Waals surface area contributed by atoms with Gasteiger partial charge in [-0.25, -0.2) is 8.78 Å². The number of hydrogen-bond donors (Lipinski definition) is 0. The Morgan fingerprint density at radius 3 is 2.09 bits per heavy atom. The second kappa shape index (κ2) is 2.54. The SMILES string of the molecule is N#Cc1c(F)cc([O-])cc1F. The Kier molecular flexibility index (Phi) is 1.73. The third-order valence-corrected chi connectivity index (χ3v) is 1.13. The fraction of sp³-hybridized carbons (Fsp3) is 0. The fourth-order valence-corrected chi connectivity index (χ4v) is 0.657. The summed E-state index contributed by atoms with van der Waals surface area (Å²) in [4.78, 5) is 0. The molecule has 1 aromatic carbocycles. The first-order valence-electron chi connectivity index (χ1n) is 2.71. The van der Waals surface area contributed by atoms with Gasteiger partial charge >= 0.3 is 0 Å². The van der Waals surface area contributed by atoms with Gasteiger partial charge in [-0.3, -0.25) is 0 Å². The molecule has 0 aliphatic heterocycles. The van der Waals surface area contributed by atoms with E-state index in [4.69, 9.17) is 5.26 Å². The van der Waals surface area contributed by atoms with E-state index < -0.39 is 22.9 Å². The molecule has 11 heavy (non-hydrogen) atoms. The third-order valence-electron chi connectivity index (χ3n) is 1.13. The first kappa shape index (κ1) is 7.48. The lowest BCUT2D eigenvalue weighted by Crippen LogP contribution is -1.96. The molecule has 1 rings (SSSR count). The van der Waals surface area contributed by atoms with Crippen LogP contribution >= 0.6 is 0 Å². The number of hydrogen-bond acceptors (Lipinski definition) is 2. The zero-order valence-electron chi connectivity index (χ0n) is 5.27. The summed E-state index contributed by atoms with van der Waals surface area (Å²) in [5.74, 6) is -3.01. The van der Waals surface area contributed by atoms with E-state index in [2.05, 4.69) is 0 Å². The summed E-state index contributed by atoms with van der Waals surface area (Å²) in [6.45, 7) is 0. The van der Waals surface area contributed by atoms with Crippen molar-refractivity contribution in [2.75, 3.05) is 0 Å². The van der Waals surface area contributed by atoms with Crippen LogP contribution in [-0.4, -0.2) is 0 Å². The van der Waals surface area contributed by atoms with Crippen LogP contribution in [0, 0.1) is 23.0 Å². The minimum absolute atomic E-state index is 0.571. The molecular formula is C7H2F2NO-. The van der Waals surface area contributed by atoms with Gasteiger partial charge in [0.1, 0.15) is 23.3 Å². The van der Waals surface area contributed by atoms with E-state index in [-0.39, 0.29) is 0 Å². The quantitative estimate of drug-likeness (QED) is 0.557. The van der Waals surface area contributed by atoms with Crippen molar-refractivity contribution < 1.29 is 13.9 Å². The van der Waals surface area contributed by atoms with Gasteiger partial charge in [-0.15, -0.1) is 5.75 Å². The average Bonchev–Trinajstić information content (AvgIpc) is 1.85. The number of benzene rings is 1. The summed E-state index contributed by atoms with van der Waals surface area (Å²) in [5, 5.41) is 18.5. The number of nitrogens with zero attached hydrogens (tertiary/aromatic N) is 1. The van der Waals surface area contributed by atoms with Crippen molar-refractivity contribution >= 4 is 0 Å². The summed E-state index contributed by atoms with van der Waals surface area (Å²) in [7, 11) is 0. The second-order valence-corrected chi connectivity index (χ2v) is 1.87. The average molecular weight is 154 g/mol. The smallest absolute Gasteiger partial charge is 0.143 e. The fourth-order valence-electron chi connectivity index (χ4n) is 0.657. The summed E-state index contributed by atoms with van der Waals surface area (Å²) in [6.07, 6.45) is 0. The van der Waals surface area contributed by atoms with Gasteiger partial charge in [0, 0.05) is 0 Å². The highest BCUT2D eigenvalue weighted by Crippen LogP contribution is 2.15. The second-order valence-electron chi connectivity index (χ2n) is 1.87. The highest BCUT2D eigenvalue weighted by molar-refractivity contribution is 5.36. The zero-order chi connectivity index (χ0) is 8.43. The first-order valence-corrected chi connectivity index (χ1v) is 2.71. The molecule has 0 saturated heterocycles. The Labute approximate surface area is 61.3 Å². The first-order chi connectivity index (χ1) is 5.15. The summed E-state index contributed by atoms with van der Waals surface area (Å²) < 4.78 is 24.9. The molecule has 1 aromatic rings. The predicted octanol–water partition coefficient (Wildman–Crippen LogP) is 0.910. The molecule has 0 saturated carbocycles. The minimum atomic E-state index is -1.11. The van der Waals surface area contributed by atoms with Gasteiger partial charge in [-0.1, -0.05) is 0 Å². The Morgan fingerprint density at radius 1 is 1.27 bits per heavy atom. The van der Waals surface area contributed by atoms with Crippen LogP contribution in [0.15, 0.2) is 12.1 Å². The molecule has 56 valence electrons. The lowest BCUT2D eigenvalue weighted by molar-refractivity contribution is -0.268. The van der Waals surface area contributed by atoms with Crippen LogP contribution in [0.4, 0.5) is 8.78 Å². The third kappa shape index (κ3) is 1.27. The molecule has 0 N–H and O–H groups in total. The van der Waals surface area contributed by atoms with Crippen LogP contribution in [0.3, 0.4) is 0 Å². The van der Waals surface area contributed by atoms with E-state index in [9.17, 15) is 13.9 Å². The van der Waals surface area contributed by atoms with Crippen LogP contribution in [0.1, 0.15) is 5.56 Å². The van der Waals surface area contributed by atoms with Crippen LogP contribution in [-0.2, 0) is 0 Å². The maximum absolute atomic E-state index is 12.4.